The molecule has 30 heavy (non-hydrogen) atoms. The molecule has 1 unspecified atom stereocenters. The Hall–Kier alpha value is -2.74. The summed E-state index contributed by atoms with van der Waals surface area (Å²) in [7, 11) is 0. The van der Waals surface area contributed by atoms with Crippen LogP contribution in [0.5, 0.6) is 0 Å². The first kappa shape index (κ1) is 19.2. The maximum atomic E-state index is 13.3. The third-order valence-electron chi connectivity index (χ3n) is 6.49. The number of hydrogen-bond donors (Lipinski definition) is 1. The van der Waals surface area contributed by atoms with E-state index in [0.717, 1.165) is 23.1 Å². The lowest BCUT2D eigenvalue weighted by molar-refractivity contribution is -0.142. The molecule has 0 radical (unpaired) electrons. The van der Waals surface area contributed by atoms with Gasteiger partial charge in [0.2, 0.25) is 0 Å². The molecular weight excluding hydrogens is 397 g/mol. The van der Waals surface area contributed by atoms with Gasteiger partial charge in [0, 0.05) is 48.7 Å². The summed E-state index contributed by atoms with van der Waals surface area (Å²) in [5.74, 6) is -1.15. The summed E-state index contributed by atoms with van der Waals surface area (Å²) in [6.45, 7) is 2.42. The molecular formula is C22H21F3N2O3. The molecule has 3 heterocycles. The van der Waals surface area contributed by atoms with Gasteiger partial charge in [0.25, 0.3) is 0 Å². The van der Waals surface area contributed by atoms with E-state index in [9.17, 15) is 18.0 Å². The number of fused-ring (bicyclic) bond motifs is 2. The minimum atomic E-state index is -4.39. The lowest BCUT2D eigenvalue weighted by atomic mass is 9.81. The molecule has 0 saturated carbocycles. The Labute approximate surface area is 171 Å². The van der Waals surface area contributed by atoms with Gasteiger partial charge >= 0.3 is 12.1 Å². The van der Waals surface area contributed by atoms with Crippen molar-refractivity contribution in [2.45, 2.75) is 18.0 Å². The van der Waals surface area contributed by atoms with E-state index in [1.165, 1.54) is 6.07 Å². The molecule has 1 N–H and O–H groups in total. The van der Waals surface area contributed by atoms with E-state index < -0.39 is 23.1 Å². The number of carbonyl (C=O) groups is 1. The Kier molecular flexibility index (Phi) is 4.25. The molecule has 3 aliphatic heterocycles. The van der Waals surface area contributed by atoms with Crippen molar-refractivity contribution in [3.05, 3.63) is 53.6 Å². The second-order valence-corrected chi connectivity index (χ2v) is 8.36. The fraction of sp³-hybridized carbons (Fsp3) is 0.409. The summed E-state index contributed by atoms with van der Waals surface area (Å²) in [5.41, 5.74) is 2.19. The van der Waals surface area contributed by atoms with Crippen LogP contribution in [-0.4, -0.2) is 43.9 Å². The first-order valence-corrected chi connectivity index (χ1v) is 9.92. The number of carboxylic acids is 1. The molecule has 0 aromatic heterocycles. The van der Waals surface area contributed by atoms with E-state index in [1.807, 2.05) is 29.2 Å². The van der Waals surface area contributed by atoms with Crippen molar-refractivity contribution >= 4 is 23.0 Å². The molecule has 0 aliphatic carbocycles. The van der Waals surface area contributed by atoms with Gasteiger partial charge in [0.1, 0.15) is 0 Å². The predicted molar refractivity (Wildman–Crippen MR) is 105 cm³/mol. The van der Waals surface area contributed by atoms with Crippen molar-refractivity contribution in [3.63, 3.8) is 0 Å². The number of halogens is 3. The molecule has 8 heteroatoms. The van der Waals surface area contributed by atoms with Crippen LogP contribution >= 0.6 is 0 Å². The fourth-order valence-electron chi connectivity index (χ4n) is 4.72. The number of anilines is 3. The molecule has 2 saturated heterocycles. The highest BCUT2D eigenvalue weighted by atomic mass is 19.4. The summed E-state index contributed by atoms with van der Waals surface area (Å²) in [6, 6.07) is 11.7. The summed E-state index contributed by atoms with van der Waals surface area (Å²) < 4.78 is 45.6. The SMILES string of the molecule is O=C(O)C1CN(c2cccc(N3CC4(CCOC4)c4cc(C(F)(F)F)ccc43)c2)C1. The summed E-state index contributed by atoms with van der Waals surface area (Å²) in [4.78, 5) is 15.1. The second-order valence-electron chi connectivity index (χ2n) is 8.36. The van der Waals surface area contributed by atoms with Crippen molar-refractivity contribution in [2.75, 3.05) is 42.6 Å². The Bertz CT molecular complexity index is 995. The Morgan fingerprint density at radius 3 is 2.57 bits per heavy atom. The first-order valence-electron chi connectivity index (χ1n) is 9.92. The van der Waals surface area contributed by atoms with Gasteiger partial charge in [-0.1, -0.05) is 6.07 Å². The first-order chi connectivity index (χ1) is 14.3. The Morgan fingerprint density at radius 2 is 1.90 bits per heavy atom. The van der Waals surface area contributed by atoms with Gasteiger partial charge in [0.05, 0.1) is 18.1 Å². The van der Waals surface area contributed by atoms with Crippen LogP contribution < -0.4 is 9.80 Å². The number of ether oxygens (including phenoxy) is 1. The van der Waals surface area contributed by atoms with Crippen LogP contribution in [0.2, 0.25) is 0 Å². The quantitative estimate of drug-likeness (QED) is 0.816. The Morgan fingerprint density at radius 1 is 1.13 bits per heavy atom. The van der Waals surface area contributed by atoms with E-state index >= 15 is 0 Å². The normalized spacial score (nSPS) is 23.7. The average molecular weight is 418 g/mol. The minimum Gasteiger partial charge on any atom is -0.481 e. The molecule has 5 rings (SSSR count). The van der Waals surface area contributed by atoms with Crippen LogP contribution in [0.15, 0.2) is 42.5 Å². The zero-order valence-electron chi connectivity index (χ0n) is 16.2. The average Bonchev–Trinajstić information content (AvgIpc) is 3.26. The van der Waals surface area contributed by atoms with E-state index in [1.54, 1.807) is 6.07 Å². The molecule has 1 atom stereocenters. The van der Waals surface area contributed by atoms with Crippen LogP contribution in [0.1, 0.15) is 17.5 Å². The highest BCUT2D eigenvalue weighted by molar-refractivity contribution is 5.78. The van der Waals surface area contributed by atoms with Crippen LogP contribution in [0, 0.1) is 5.92 Å². The predicted octanol–water partition coefficient (Wildman–Crippen LogP) is 4.04. The number of nitrogens with zero attached hydrogens (tertiary/aromatic N) is 2. The maximum absolute atomic E-state index is 13.3. The standard InChI is InChI=1S/C22H21F3N2O3/c23-22(24,25)15-4-5-19-18(8-15)21(6-7-30-13-21)12-27(19)17-3-1-2-16(9-17)26-10-14(11-26)20(28)29/h1-5,8-9,14H,6-7,10-13H2,(H,28,29). The zero-order chi connectivity index (χ0) is 21.1. The molecule has 3 aliphatic rings. The van der Waals surface area contributed by atoms with E-state index in [-0.39, 0.29) is 5.92 Å². The van der Waals surface area contributed by atoms with Gasteiger partial charge in [-0.25, -0.2) is 0 Å². The van der Waals surface area contributed by atoms with Crippen LogP contribution in [0.25, 0.3) is 0 Å². The number of alkyl halides is 3. The van der Waals surface area contributed by atoms with E-state index in [2.05, 4.69) is 4.90 Å². The van der Waals surface area contributed by atoms with Gasteiger partial charge in [-0.3, -0.25) is 4.79 Å². The van der Waals surface area contributed by atoms with E-state index in [4.69, 9.17) is 9.84 Å². The maximum Gasteiger partial charge on any atom is 0.416 e. The lowest BCUT2D eigenvalue weighted by Gasteiger charge is -2.39. The Balaban J connectivity index is 1.50. The second kappa shape index (κ2) is 6.63. The zero-order valence-corrected chi connectivity index (χ0v) is 16.2. The molecule has 158 valence electrons. The van der Waals surface area contributed by atoms with Crippen molar-refractivity contribution in [1.82, 2.24) is 0 Å². The molecule has 2 fully saturated rings. The molecule has 0 bridgehead atoms. The van der Waals surface area contributed by atoms with Crippen LogP contribution in [0.3, 0.4) is 0 Å². The number of aliphatic carboxylic acids is 1. The van der Waals surface area contributed by atoms with Crippen molar-refractivity contribution in [2.24, 2.45) is 5.92 Å². The summed E-state index contributed by atoms with van der Waals surface area (Å²) >= 11 is 0. The van der Waals surface area contributed by atoms with Gasteiger partial charge in [0.15, 0.2) is 0 Å². The van der Waals surface area contributed by atoms with Gasteiger partial charge in [-0.2, -0.15) is 13.2 Å². The molecule has 2 aromatic carbocycles. The summed E-state index contributed by atoms with van der Waals surface area (Å²) in [6.07, 6.45) is -3.70. The fourth-order valence-corrected chi connectivity index (χ4v) is 4.72. The van der Waals surface area contributed by atoms with Crippen LogP contribution in [-0.2, 0) is 21.1 Å². The third-order valence-corrected chi connectivity index (χ3v) is 6.49. The molecule has 1 spiro atoms. The largest absolute Gasteiger partial charge is 0.481 e. The highest BCUT2D eigenvalue weighted by Crippen LogP contribution is 2.50. The van der Waals surface area contributed by atoms with Crippen molar-refractivity contribution < 1.29 is 27.8 Å². The highest BCUT2D eigenvalue weighted by Gasteiger charge is 2.47. The minimum absolute atomic E-state index is 0.360. The molecule has 5 nitrogen and oxygen atoms in total. The van der Waals surface area contributed by atoms with E-state index in [0.29, 0.717) is 44.8 Å². The van der Waals surface area contributed by atoms with Crippen molar-refractivity contribution in [1.29, 1.82) is 0 Å². The number of hydrogen-bond acceptors (Lipinski definition) is 4. The van der Waals surface area contributed by atoms with Gasteiger partial charge in [-0.15, -0.1) is 0 Å². The number of rotatable bonds is 3. The van der Waals surface area contributed by atoms with Crippen molar-refractivity contribution in [3.8, 4) is 0 Å². The summed E-state index contributed by atoms with van der Waals surface area (Å²) in [5, 5.41) is 9.10. The lowest BCUT2D eigenvalue weighted by Crippen LogP contribution is -2.50. The van der Waals surface area contributed by atoms with Crippen LogP contribution in [0.4, 0.5) is 30.2 Å². The molecule has 0 amide bonds. The third kappa shape index (κ3) is 3.01. The number of carboxylic acid groups (broad SMARTS) is 1. The number of benzene rings is 2. The topological polar surface area (TPSA) is 53.0 Å². The van der Waals surface area contributed by atoms with Gasteiger partial charge in [-0.05, 0) is 48.4 Å². The van der Waals surface area contributed by atoms with Gasteiger partial charge < -0.3 is 19.6 Å². The monoisotopic (exact) mass is 418 g/mol. The smallest absolute Gasteiger partial charge is 0.416 e. The molecule has 2 aromatic rings.